The second-order valence-electron chi connectivity index (χ2n) is 8.16. The molecule has 0 saturated carbocycles. The Balaban J connectivity index is 2.20. The third kappa shape index (κ3) is 7.58. The fourth-order valence-electron chi connectivity index (χ4n) is 2.74. The van der Waals surface area contributed by atoms with Crippen LogP contribution >= 0.6 is 0 Å². The summed E-state index contributed by atoms with van der Waals surface area (Å²) in [4.78, 5) is 26.8. The number of nitrogens with zero attached hydrogens (tertiary/aromatic N) is 1. The molecule has 0 fully saturated rings. The summed E-state index contributed by atoms with van der Waals surface area (Å²) < 4.78 is 5.27. The van der Waals surface area contributed by atoms with Crippen LogP contribution in [0.4, 0.5) is 4.79 Å². The van der Waals surface area contributed by atoms with Crippen LogP contribution in [0.5, 0.6) is 0 Å². The van der Waals surface area contributed by atoms with Gasteiger partial charge in [0.1, 0.15) is 5.60 Å². The predicted molar refractivity (Wildman–Crippen MR) is 116 cm³/mol. The molecule has 0 unspecified atom stereocenters. The number of likely N-dealkylation sites (N-methyl/N-ethyl adjacent to an activating group) is 1. The summed E-state index contributed by atoms with van der Waals surface area (Å²) in [5.74, 6) is -0.134. The van der Waals surface area contributed by atoms with Crippen LogP contribution in [0.1, 0.15) is 36.7 Å². The highest BCUT2D eigenvalue weighted by Gasteiger charge is 2.17. The van der Waals surface area contributed by atoms with E-state index in [1.165, 1.54) is 0 Å². The van der Waals surface area contributed by atoms with E-state index in [1.807, 2.05) is 88.3 Å². The van der Waals surface area contributed by atoms with E-state index < -0.39 is 11.7 Å². The first-order valence-corrected chi connectivity index (χ1v) is 9.74. The summed E-state index contributed by atoms with van der Waals surface area (Å²) in [6.45, 7) is 7.04. The lowest BCUT2D eigenvalue weighted by atomic mass is 9.97. The average molecular weight is 398 g/mol. The molecular weight excluding hydrogens is 366 g/mol. The molecule has 0 aliphatic rings. The minimum absolute atomic E-state index is 0.134. The molecule has 0 aliphatic carbocycles. The Hall–Kier alpha value is -2.86. The molecule has 0 saturated heterocycles. The molecule has 2 aromatic rings. The predicted octanol–water partition coefficient (Wildman–Crippen LogP) is 3.67. The van der Waals surface area contributed by atoms with Gasteiger partial charge in [0.25, 0.3) is 5.91 Å². The lowest BCUT2D eigenvalue weighted by molar-refractivity contribution is 0.0523. The van der Waals surface area contributed by atoms with Gasteiger partial charge in [0, 0.05) is 25.2 Å². The highest BCUT2D eigenvalue weighted by molar-refractivity contribution is 6.01. The van der Waals surface area contributed by atoms with Crippen molar-refractivity contribution in [1.29, 1.82) is 0 Å². The van der Waals surface area contributed by atoms with Crippen molar-refractivity contribution in [2.45, 2.75) is 32.9 Å². The van der Waals surface area contributed by atoms with E-state index in [2.05, 4.69) is 10.6 Å². The van der Waals surface area contributed by atoms with Crippen molar-refractivity contribution in [1.82, 2.24) is 15.5 Å². The summed E-state index contributed by atoms with van der Waals surface area (Å²) in [5, 5.41) is 5.71. The maximum absolute atomic E-state index is 12.9. The van der Waals surface area contributed by atoms with Crippen molar-refractivity contribution in [3.63, 3.8) is 0 Å². The van der Waals surface area contributed by atoms with E-state index >= 15 is 0 Å². The van der Waals surface area contributed by atoms with Gasteiger partial charge in [-0.25, -0.2) is 4.79 Å². The third-order valence-corrected chi connectivity index (χ3v) is 4.09. The second-order valence-corrected chi connectivity index (χ2v) is 8.16. The molecule has 0 bridgehead atoms. The SMILES string of the molecule is CN(C)CCNC(=O)c1cc(CNC(=O)OC(C)(C)C)ccc1-c1ccccc1. The van der Waals surface area contributed by atoms with Crippen LogP contribution in [-0.4, -0.2) is 49.7 Å². The molecule has 0 radical (unpaired) electrons. The van der Waals surface area contributed by atoms with E-state index in [9.17, 15) is 9.59 Å². The molecular formula is C23H31N3O3. The van der Waals surface area contributed by atoms with Crippen LogP contribution in [0.15, 0.2) is 48.5 Å². The van der Waals surface area contributed by atoms with Gasteiger partial charge < -0.3 is 20.3 Å². The molecule has 0 atom stereocenters. The molecule has 6 heteroatoms. The Kier molecular flexibility index (Phi) is 7.79. The Bertz CT molecular complexity index is 827. The topological polar surface area (TPSA) is 70.7 Å². The molecule has 2 N–H and O–H groups in total. The Labute approximate surface area is 173 Å². The first kappa shape index (κ1) is 22.4. The standard InChI is InChI=1S/C23H31N3O3/c1-23(2,3)29-22(28)25-16-17-11-12-19(18-9-7-6-8-10-18)20(15-17)21(27)24-13-14-26(4)5/h6-12,15H,13-14,16H2,1-5H3,(H,24,27)(H,25,28). The smallest absolute Gasteiger partial charge is 0.407 e. The normalized spacial score (nSPS) is 11.2. The Morgan fingerprint density at radius 3 is 2.31 bits per heavy atom. The van der Waals surface area contributed by atoms with Gasteiger partial charge in [-0.05, 0) is 57.6 Å². The molecule has 6 nitrogen and oxygen atoms in total. The van der Waals surface area contributed by atoms with Crippen molar-refractivity contribution in [3.05, 3.63) is 59.7 Å². The molecule has 156 valence electrons. The summed E-state index contributed by atoms with van der Waals surface area (Å²) in [6.07, 6.45) is -0.485. The highest BCUT2D eigenvalue weighted by atomic mass is 16.6. The molecule has 2 rings (SSSR count). The highest BCUT2D eigenvalue weighted by Crippen LogP contribution is 2.25. The minimum atomic E-state index is -0.557. The Morgan fingerprint density at radius 2 is 1.69 bits per heavy atom. The summed E-state index contributed by atoms with van der Waals surface area (Å²) in [5.41, 5.74) is 2.68. The molecule has 0 spiro atoms. The van der Waals surface area contributed by atoms with Gasteiger partial charge in [-0.1, -0.05) is 42.5 Å². The number of carbonyl (C=O) groups excluding carboxylic acids is 2. The number of hydrogen-bond acceptors (Lipinski definition) is 4. The lowest BCUT2D eigenvalue weighted by Crippen LogP contribution is -2.32. The lowest BCUT2D eigenvalue weighted by Gasteiger charge is -2.20. The number of hydrogen-bond donors (Lipinski definition) is 2. The molecule has 0 aromatic heterocycles. The third-order valence-electron chi connectivity index (χ3n) is 4.09. The van der Waals surface area contributed by atoms with Gasteiger partial charge in [0.15, 0.2) is 0 Å². The summed E-state index contributed by atoms with van der Waals surface area (Å²) in [7, 11) is 3.93. The van der Waals surface area contributed by atoms with Crippen molar-refractivity contribution in [3.8, 4) is 11.1 Å². The van der Waals surface area contributed by atoms with Crippen LogP contribution in [0.25, 0.3) is 11.1 Å². The zero-order chi connectivity index (χ0) is 21.4. The number of alkyl carbamates (subject to hydrolysis) is 1. The minimum Gasteiger partial charge on any atom is -0.444 e. The van der Waals surface area contributed by atoms with Gasteiger partial charge in [-0.3, -0.25) is 4.79 Å². The first-order chi connectivity index (χ1) is 13.7. The van der Waals surface area contributed by atoms with Crippen LogP contribution in [0.3, 0.4) is 0 Å². The van der Waals surface area contributed by atoms with Crippen molar-refractivity contribution in [2.75, 3.05) is 27.2 Å². The maximum atomic E-state index is 12.9. The van der Waals surface area contributed by atoms with Crippen molar-refractivity contribution >= 4 is 12.0 Å². The van der Waals surface area contributed by atoms with E-state index in [4.69, 9.17) is 4.74 Å². The van der Waals surface area contributed by atoms with Gasteiger partial charge in [-0.2, -0.15) is 0 Å². The van der Waals surface area contributed by atoms with Crippen molar-refractivity contribution < 1.29 is 14.3 Å². The monoisotopic (exact) mass is 397 g/mol. The quantitative estimate of drug-likeness (QED) is 0.748. The van der Waals surface area contributed by atoms with E-state index in [-0.39, 0.29) is 12.5 Å². The van der Waals surface area contributed by atoms with Crippen LogP contribution in [0.2, 0.25) is 0 Å². The maximum Gasteiger partial charge on any atom is 0.407 e. The molecule has 0 heterocycles. The van der Waals surface area contributed by atoms with Crippen molar-refractivity contribution in [2.24, 2.45) is 0 Å². The second kappa shape index (κ2) is 10.1. The van der Waals surface area contributed by atoms with Crippen LogP contribution in [0, 0.1) is 0 Å². The number of ether oxygens (including phenoxy) is 1. The average Bonchev–Trinajstić information content (AvgIpc) is 2.65. The summed E-state index contributed by atoms with van der Waals surface area (Å²) in [6, 6.07) is 15.4. The fraction of sp³-hybridized carbons (Fsp3) is 0.391. The van der Waals surface area contributed by atoms with Gasteiger partial charge >= 0.3 is 6.09 Å². The number of carbonyl (C=O) groups is 2. The van der Waals surface area contributed by atoms with E-state index in [0.29, 0.717) is 12.1 Å². The van der Waals surface area contributed by atoms with Gasteiger partial charge in [0.2, 0.25) is 0 Å². The first-order valence-electron chi connectivity index (χ1n) is 9.74. The van der Waals surface area contributed by atoms with E-state index in [1.54, 1.807) is 0 Å². The molecule has 2 aromatic carbocycles. The number of nitrogens with one attached hydrogen (secondary N) is 2. The largest absolute Gasteiger partial charge is 0.444 e. The van der Waals surface area contributed by atoms with Gasteiger partial charge in [0.05, 0.1) is 0 Å². The number of benzene rings is 2. The molecule has 29 heavy (non-hydrogen) atoms. The number of amides is 2. The summed E-state index contributed by atoms with van der Waals surface area (Å²) >= 11 is 0. The fourth-order valence-corrected chi connectivity index (χ4v) is 2.74. The zero-order valence-electron chi connectivity index (χ0n) is 17.9. The Morgan fingerprint density at radius 1 is 1.00 bits per heavy atom. The zero-order valence-corrected chi connectivity index (χ0v) is 17.9. The molecule has 2 amide bonds. The molecule has 0 aliphatic heterocycles. The van der Waals surface area contributed by atoms with Crippen LogP contribution < -0.4 is 10.6 Å². The van der Waals surface area contributed by atoms with Crippen LogP contribution in [-0.2, 0) is 11.3 Å². The van der Waals surface area contributed by atoms with Gasteiger partial charge in [-0.15, -0.1) is 0 Å². The van der Waals surface area contributed by atoms with E-state index in [0.717, 1.165) is 23.2 Å². The number of rotatable bonds is 7.